The highest BCUT2D eigenvalue weighted by Gasteiger charge is 2.19. The van der Waals surface area contributed by atoms with E-state index in [2.05, 4.69) is 17.3 Å². The Balaban J connectivity index is 1.73. The Morgan fingerprint density at radius 1 is 1.30 bits per heavy atom. The van der Waals surface area contributed by atoms with Gasteiger partial charge < -0.3 is 16.0 Å². The number of hydrogen-bond acceptors (Lipinski definition) is 3. The van der Waals surface area contributed by atoms with E-state index in [0.717, 1.165) is 12.1 Å². The van der Waals surface area contributed by atoms with Gasteiger partial charge in [0.15, 0.2) is 0 Å². The Labute approximate surface area is 121 Å². The van der Waals surface area contributed by atoms with E-state index in [1.165, 1.54) is 25.7 Å². The maximum absolute atomic E-state index is 12.0. The molecule has 0 spiro atoms. The highest BCUT2D eigenvalue weighted by molar-refractivity contribution is 5.94. The van der Waals surface area contributed by atoms with Gasteiger partial charge in [-0.2, -0.15) is 0 Å². The molecule has 1 aromatic carbocycles. The number of nitrogens with two attached hydrogens (primary N) is 1. The largest absolute Gasteiger partial charge is 0.351 e. The van der Waals surface area contributed by atoms with Crippen molar-refractivity contribution in [2.24, 2.45) is 5.73 Å². The molecule has 1 aliphatic rings. The number of nitrogens with one attached hydrogen (secondary N) is 1. The van der Waals surface area contributed by atoms with Crippen LogP contribution in [-0.4, -0.2) is 37.0 Å². The van der Waals surface area contributed by atoms with Crippen molar-refractivity contribution >= 4 is 5.91 Å². The van der Waals surface area contributed by atoms with Crippen LogP contribution in [0.2, 0.25) is 0 Å². The number of hydrogen-bond donors (Lipinski definition) is 2. The molecule has 4 heteroatoms. The quantitative estimate of drug-likeness (QED) is 0.831. The summed E-state index contributed by atoms with van der Waals surface area (Å²) >= 11 is 0. The van der Waals surface area contributed by atoms with Crippen molar-refractivity contribution in [3.8, 4) is 0 Å². The number of likely N-dealkylation sites (N-methyl/N-ethyl adjacent to an activating group) is 1. The van der Waals surface area contributed by atoms with Crippen LogP contribution in [0.4, 0.5) is 0 Å². The van der Waals surface area contributed by atoms with Gasteiger partial charge in [0.05, 0.1) is 0 Å². The first-order chi connectivity index (χ1) is 9.70. The van der Waals surface area contributed by atoms with Crippen LogP contribution in [0.5, 0.6) is 0 Å². The molecular weight excluding hydrogens is 250 g/mol. The predicted octanol–water partition coefficient (Wildman–Crippen LogP) is 1.75. The summed E-state index contributed by atoms with van der Waals surface area (Å²) in [6.07, 6.45) is 5.28. The van der Waals surface area contributed by atoms with Crippen LogP contribution >= 0.6 is 0 Å². The molecule has 3 N–H and O–H groups in total. The van der Waals surface area contributed by atoms with Crippen LogP contribution in [0.3, 0.4) is 0 Å². The minimum absolute atomic E-state index is 0.00612. The number of carbonyl (C=O) groups is 1. The van der Waals surface area contributed by atoms with E-state index in [0.29, 0.717) is 24.7 Å². The second-order valence-electron chi connectivity index (χ2n) is 5.58. The first kappa shape index (κ1) is 15.0. The molecule has 0 unspecified atom stereocenters. The van der Waals surface area contributed by atoms with Crippen LogP contribution in [0.15, 0.2) is 24.3 Å². The maximum atomic E-state index is 12.0. The van der Waals surface area contributed by atoms with E-state index >= 15 is 0 Å². The molecule has 1 fully saturated rings. The van der Waals surface area contributed by atoms with E-state index in [9.17, 15) is 4.79 Å². The van der Waals surface area contributed by atoms with Crippen LogP contribution in [-0.2, 0) is 6.54 Å². The zero-order valence-corrected chi connectivity index (χ0v) is 12.3. The van der Waals surface area contributed by atoms with Crippen molar-refractivity contribution in [2.45, 2.75) is 38.3 Å². The molecule has 0 bridgehead atoms. The lowest BCUT2D eigenvalue weighted by Gasteiger charge is -2.23. The van der Waals surface area contributed by atoms with E-state index in [4.69, 9.17) is 5.73 Å². The third-order valence-corrected chi connectivity index (χ3v) is 4.15. The molecule has 0 heterocycles. The second-order valence-corrected chi connectivity index (χ2v) is 5.58. The highest BCUT2D eigenvalue weighted by Crippen LogP contribution is 2.21. The zero-order chi connectivity index (χ0) is 14.4. The van der Waals surface area contributed by atoms with Gasteiger partial charge in [0, 0.05) is 31.2 Å². The average Bonchev–Trinajstić information content (AvgIpc) is 3.01. The van der Waals surface area contributed by atoms with Crippen LogP contribution < -0.4 is 11.1 Å². The van der Waals surface area contributed by atoms with E-state index in [1.807, 2.05) is 24.3 Å². The van der Waals surface area contributed by atoms with Gasteiger partial charge in [-0.15, -0.1) is 0 Å². The van der Waals surface area contributed by atoms with Gasteiger partial charge in [0.1, 0.15) is 0 Å². The Bertz CT molecular complexity index is 424. The Hall–Kier alpha value is -1.39. The summed E-state index contributed by atoms with van der Waals surface area (Å²) in [5.74, 6) is -0.00612. The minimum atomic E-state index is -0.00612. The Kier molecular flexibility index (Phi) is 5.56. The summed E-state index contributed by atoms with van der Waals surface area (Å²) in [7, 11) is 2.15. The summed E-state index contributed by atoms with van der Waals surface area (Å²) in [6.45, 7) is 2.12. The molecule has 20 heavy (non-hydrogen) atoms. The topological polar surface area (TPSA) is 58.4 Å². The van der Waals surface area contributed by atoms with Gasteiger partial charge in [-0.3, -0.25) is 4.79 Å². The summed E-state index contributed by atoms with van der Waals surface area (Å²) in [6, 6.07) is 8.17. The molecule has 0 atom stereocenters. The van der Waals surface area contributed by atoms with Gasteiger partial charge in [0.2, 0.25) is 0 Å². The molecule has 110 valence electrons. The van der Waals surface area contributed by atoms with Gasteiger partial charge >= 0.3 is 0 Å². The van der Waals surface area contributed by atoms with Crippen LogP contribution in [0.25, 0.3) is 0 Å². The number of nitrogens with zero attached hydrogens (tertiary/aromatic N) is 1. The summed E-state index contributed by atoms with van der Waals surface area (Å²) in [5, 5.41) is 2.98. The lowest BCUT2D eigenvalue weighted by Crippen LogP contribution is -2.37. The molecular formula is C16H25N3O. The number of amides is 1. The van der Waals surface area contributed by atoms with Crippen LogP contribution in [0, 0.1) is 0 Å². The normalized spacial score (nSPS) is 15.8. The fraction of sp³-hybridized carbons (Fsp3) is 0.562. The maximum Gasteiger partial charge on any atom is 0.251 e. The lowest BCUT2D eigenvalue weighted by atomic mass is 10.1. The zero-order valence-electron chi connectivity index (χ0n) is 12.3. The number of benzene rings is 1. The van der Waals surface area contributed by atoms with Crippen molar-refractivity contribution < 1.29 is 4.79 Å². The average molecular weight is 275 g/mol. The molecule has 0 aromatic heterocycles. The lowest BCUT2D eigenvalue weighted by molar-refractivity contribution is 0.0947. The first-order valence-electron chi connectivity index (χ1n) is 7.48. The molecule has 0 aliphatic heterocycles. The fourth-order valence-corrected chi connectivity index (χ4v) is 2.77. The van der Waals surface area contributed by atoms with Crippen molar-refractivity contribution in [3.05, 3.63) is 35.4 Å². The molecule has 4 nitrogen and oxygen atoms in total. The third kappa shape index (κ3) is 4.05. The van der Waals surface area contributed by atoms with E-state index in [-0.39, 0.29) is 5.91 Å². The SMILES string of the molecule is CN(CCNC(=O)c1ccc(CN)cc1)C1CCCC1. The molecule has 0 saturated heterocycles. The summed E-state index contributed by atoms with van der Waals surface area (Å²) in [5.41, 5.74) is 7.29. The number of rotatable bonds is 6. The first-order valence-corrected chi connectivity index (χ1v) is 7.48. The standard InChI is InChI=1S/C16H25N3O/c1-19(15-4-2-3-5-15)11-10-18-16(20)14-8-6-13(12-17)7-9-14/h6-9,15H,2-5,10-12,17H2,1H3,(H,18,20). The number of carbonyl (C=O) groups excluding carboxylic acids is 1. The van der Waals surface area contributed by atoms with Gasteiger partial charge in [-0.1, -0.05) is 25.0 Å². The molecule has 1 aliphatic carbocycles. The van der Waals surface area contributed by atoms with Crippen molar-refractivity contribution in [2.75, 3.05) is 20.1 Å². The fourth-order valence-electron chi connectivity index (χ4n) is 2.77. The van der Waals surface area contributed by atoms with Gasteiger partial charge in [0.25, 0.3) is 5.91 Å². The highest BCUT2D eigenvalue weighted by atomic mass is 16.1. The van der Waals surface area contributed by atoms with Crippen molar-refractivity contribution in [1.82, 2.24) is 10.2 Å². The monoisotopic (exact) mass is 275 g/mol. The van der Waals surface area contributed by atoms with Crippen molar-refractivity contribution in [1.29, 1.82) is 0 Å². The van der Waals surface area contributed by atoms with Gasteiger partial charge in [-0.25, -0.2) is 0 Å². The van der Waals surface area contributed by atoms with E-state index < -0.39 is 0 Å². The third-order valence-electron chi connectivity index (χ3n) is 4.15. The van der Waals surface area contributed by atoms with Crippen molar-refractivity contribution in [3.63, 3.8) is 0 Å². The summed E-state index contributed by atoms with van der Waals surface area (Å²) in [4.78, 5) is 14.4. The van der Waals surface area contributed by atoms with Crippen LogP contribution in [0.1, 0.15) is 41.6 Å². The minimum Gasteiger partial charge on any atom is -0.351 e. The predicted molar refractivity (Wildman–Crippen MR) is 81.6 cm³/mol. The smallest absolute Gasteiger partial charge is 0.251 e. The molecule has 1 saturated carbocycles. The Morgan fingerprint density at radius 2 is 1.95 bits per heavy atom. The summed E-state index contributed by atoms with van der Waals surface area (Å²) < 4.78 is 0. The van der Waals surface area contributed by atoms with E-state index in [1.54, 1.807) is 0 Å². The molecule has 2 rings (SSSR count). The molecule has 1 aromatic rings. The molecule has 1 amide bonds. The molecule has 0 radical (unpaired) electrons. The second kappa shape index (κ2) is 7.41. The van der Waals surface area contributed by atoms with Gasteiger partial charge in [-0.05, 0) is 37.6 Å². The Morgan fingerprint density at radius 3 is 2.55 bits per heavy atom.